The molecule has 2 aromatic carbocycles. The van der Waals surface area contributed by atoms with E-state index in [4.69, 9.17) is 24.4 Å². The lowest BCUT2D eigenvalue weighted by Gasteiger charge is -2.13. The summed E-state index contributed by atoms with van der Waals surface area (Å²) in [5.74, 6) is 1.24. The number of methoxy groups -OCH3 is 2. The molecule has 0 spiro atoms. The summed E-state index contributed by atoms with van der Waals surface area (Å²) >= 11 is 0. The van der Waals surface area contributed by atoms with Gasteiger partial charge in [-0.2, -0.15) is 0 Å². The van der Waals surface area contributed by atoms with E-state index >= 15 is 0 Å². The number of benzene rings is 2. The van der Waals surface area contributed by atoms with Crippen molar-refractivity contribution >= 4 is 33.2 Å². The Kier molecular flexibility index (Phi) is 4.77. The minimum atomic E-state index is -0.132. The molecule has 1 atom stereocenters. The van der Waals surface area contributed by atoms with Gasteiger partial charge in [-0.15, -0.1) is 0 Å². The van der Waals surface area contributed by atoms with Gasteiger partial charge in [0.1, 0.15) is 28.7 Å². The molecule has 162 valence electrons. The van der Waals surface area contributed by atoms with Crippen LogP contribution in [0.3, 0.4) is 0 Å². The van der Waals surface area contributed by atoms with Gasteiger partial charge in [0.05, 0.1) is 30.9 Å². The van der Waals surface area contributed by atoms with Gasteiger partial charge in [-0.25, -0.2) is 15.0 Å². The van der Waals surface area contributed by atoms with Crippen molar-refractivity contribution in [3.8, 4) is 17.2 Å². The van der Waals surface area contributed by atoms with E-state index in [-0.39, 0.29) is 11.6 Å². The van der Waals surface area contributed by atoms with Crippen LogP contribution >= 0.6 is 0 Å². The van der Waals surface area contributed by atoms with Crippen LogP contribution in [0.5, 0.6) is 11.5 Å². The van der Waals surface area contributed by atoms with E-state index < -0.39 is 0 Å². The maximum absolute atomic E-state index is 13.6. The summed E-state index contributed by atoms with van der Waals surface area (Å²) in [5, 5.41) is 0.447. The Bertz CT molecular complexity index is 1510. The van der Waals surface area contributed by atoms with Gasteiger partial charge in [0.2, 0.25) is 0 Å². The highest BCUT2D eigenvalue weighted by Gasteiger charge is 2.22. The zero-order chi connectivity index (χ0) is 22.4. The van der Waals surface area contributed by atoms with Crippen molar-refractivity contribution in [2.45, 2.75) is 26.3 Å². The van der Waals surface area contributed by atoms with Crippen LogP contribution in [0.4, 0.5) is 0 Å². The molecular weight excluding hydrogens is 406 g/mol. The summed E-state index contributed by atoms with van der Waals surface area (Å²) in [6.07, 6.45) is 2.42. The van der Waals surface area contributed by atoms with Crippen LogP contribution in [-0.2, 0) is 0 Å². The average molecular weight is 429 g/mol. The Balaban J connectivity index is 1.97. The number of ether oxygens (including phenoxy) is 2. The van der Waals surface area contributed by atoms with Crippen molar-refractivity contribution in [2.75, 3.05) is 14.2 Å². The van der Waals surface area contributed by atoms with Crippen LogP contribution in [0.2, 0.25) is 0 Å². The maximum atomic E-state index is 13.6. The third kappa shape index (κ3) is 2.98. The molecule has 0 radical (unpaired) electrons. The molecule has 0 aliphatic heterocycles. The lowest BCUT2D eigenvalue weighted by Crippen LogP contribution is -2.23. The second kappa shape index (κ2) is 7.64. The van der Waals surface area contributed by atoms with Gasteiger partial charge in [-0.05, 0) is 25.5 Å². The molecule has 0 bridgehead atoms. The Morgan fingerprint density at radius 2 is 1.62 bits per heavy atom. The van der Waals surface area contributed by atoms with Crippen molar-refractivity contribution < 1.29 is 9.47 Å². The van der Waals surface area contributed by atoms with Crippen molar-refractivity contribution in [1.29, 1.82) is 0 Å². The zero-order valence-electron chi connectivity index (χ0n) is 18.4. The van der Waals surface area contributed by atoms with E-state index in [2.05, 4.69) is 0 Å². The number of aromatic nitrogens is 5. The molecule has 8 heteroatoms. The fourth-order valence-corrected chi connectivity index (χ4v) is 3.93. The molecule has 32 heavy (non-hydrogen) atoms. The molecule has 0 fully saturated rings. The highest BCUT2D eigenvalue weighted by atomic mass is 16.5. The first-order valence-corrected chi connectivity index (χ1v) is 10.5. The molecule has 5 aromatic rings. The number of hydrogen-bond acceptors (Lipinski definition) is 6. The molecule has 1 unspecified atom stereocenters. The Morgan fingerprint density at radius 1 is 0.969 bits per heavy atom. The van der Waals surface area contributed by atoms with Crippen LogP contribution in [0.25, 0.3) is 38.9 Å². The fraction of sp³-hybridized carbons (Fsp3) is 0.250. The minimum absolute atomic E-state index is 0.0168. The van der Waals surface area contributed by atoms with E-state index in [1.54, 1.807) is 31.2 Å². The third-order valence-corrected chi connectivity index (χ3v) is 5.85. The fourth-order valence-electron chi connectivity index (χ4n) is 3.93. The van der Waals surface area contributed by atoms with E-state index in [0.717, 1.165) is 23.1 Å². The number of nitrogens with zero attached hydrogens (tertiary/aromatic N) is 5. The van der Waals surface area contributed by atoms with E-state index in [9.17, 15) is 4.79 Å². The summed E-state index contributed by atoms with van der Waals surface area (Å²) in [6, 6.07) is 13.2. The van der Waals surface area contributed by atoms with Crippen molar-refractivity contribution in [3.05, 3.63) is 59.1 Å². The standard InChI is InChI=1S/C24H23N5O3/c1-5-14(2)28-13-25-22-20(24(28)30)21-23(27-19-9-7-6-8-18(19)26-21)29(22)15-10-16(31-3)12-17(11-15)32-4/h6-14H,5H2,1-4H3. The van der Waals surface area contributed by atoms with Crippen LogP contribution < -0.4 is 15.0 Å². The molecule has 0 saturated carbocycles. The summed E-state index contributed by atoms with van der Waals surface area (Å²) in [4.78, 5) is 27.9. The normalized spacial score (nSPS) is 12.5. The van der Waals surface area contributed by atoms with Gasteiger partial charge in [0.15, 0.2) is 11.3 Å². The lowest BCUT2D eigenvalue weighted by molar-refractivity contribution is 0.394. The predicted octanol–water partition coefficient (Wildman–Crippen LogP) is 4.27. The molecule has 0 saturated heterocycles. The predicted molar refractivity (Wildman–Crippen MR) is 124 cm³/mol. The van der Waals surface area contributed by atoms with Crippen LogP contribution in [-0.4, -0.2) is 38.3 Å². The molecule has 5 rings (SSSR count). The first-order valence-electron chi connectivity index (χ1n) is 10.5. The second-order valence-electron chi connectivity index (χ2n) is 7.70. The second-order valence-corrected chi connectivity index (χ2v) is 7.70. The summed E-state index contributed by atoms with van der Waals surface area (Å²) < 4.78 is 14.4. The molecule has 0 aliphatic rings. The monoisotopic (exact) mass is 429 g/mol. The zero-order valence-corrected chi connectivity index (χ0v) is 18.4. The topological polar surface area (TPSA) is 84.1 Å². The van der Waals surface area contributed by atoms with E-state index in [1.165, 1.54) is 0 Å². The maximum Gasteiger partial charge on any atom is 0.265 e. The molecule has 3 heterocycles. The van der Waals surface area contributed by atoms with Crippen molar-refractivity contribution in [1.82, 2.24) is 24.1 Å². The van der Waals surface area contributed by atoms with Gasteiger partial charge >= 0.3 is 0 Å². The van der Waals surface area contributed by atoms with E-state index in [1.807, 2.05) is 54.8 Å². The van der Waals surface area contributed by atoms with Crippen molar-refractivity contribution in [2.24, 2.45) is 0 Å². The average Bonchev–Trinajstić information content (AvgIpc) is 3.15. The molecule has 0 N–H and O–H groups in total. The molecule has 3 aromatic heterocycles. The number of hydrogen-bond donors (Lipinski definition) is 0. The van der Waals surface area contributed by atoms with Crippen LogP contribution in [0.15, 0.2) is 53.6 Å². The number of para-hydroxylation sites is 2. The number of fused-ring (bicyclic) bond motifs is 4. The van der Waals surface area contributed by atoms with E-state index in [0.29, 0.717) is 33.7 Å². The minimum Gasteiger partial charge on any atom is -0.497 e. The quantitative estimate of drug-likeness (QED) is 0.415. The Labute approximate surface area is 184 Å². The lowest BCUT2D eigenvalue weighted by atomic mass is 10.2. The third-order valence-electron chi connectivity index (χ3n) is 5.85. The summed E-state index contributed by atoms with van der Waals surface area (Å²) in [5.41, 5.74) is 3.62. The smallest absolute Gasteiger partial charge is 0.265 e. The molecule has 0 aliphatic carbocycles. The highest BCUT2D eigenvalue weighted by Crippen LogP contribution is 2.32. The van der Waals surface area contributed by atoms with Gasteiger partial charge in [0.25, 0.3) is 5.56 Å². The van der Waals surface area contributed by atoms with Gasteiger partial charge in [0, 0.05) is 24.2 Å². The first-order chi connectivity index (χ1) is 15.5. The van der Waals surface area contributed by atoms with Crippen molar-refractivity contribution in [3.63, 3.8) is 0 Å². The summed E-state index contributed by atoms with van der Waals surface area (Å²) in [6.45, 7) is 4.04. The van der Waals surface area contributed by atoms with Crippen LogP contribution in [0.1, 0.15) is 26.3 Å². The SMILES string of the molecule is CCC(C)n1cnc2c(c1=O)c1nc3ccccc3nc1n2-c1cc(OC)cc(OC)c1. The Hall–Kier alpha value is -3.94. The molecule has 8 nitrogen and oxygen atoms in total. The van der Waals surface area contributed by atoms with Gasteiger partial charge in [-0.1, -0.05) is 19.1 Å². The highest BCUT2D eigenvalue weighted by molar-refractivity contribution is 6.05. The Morgan fingerprint density at radius 3 is 2.25 bits per heavy atom. The first kappa shape index (κ1) is 20.0. The summed E-state index contributed by atoms with van der Waals surface area (Å²) in [7, 11) is 3.20. The van der Waals surface area contributed by atoms with Gasteiger partial charge in [-0.3, -0.25) is 13.9 Å². The van der Waals surface area contributed by atoms with Crippen LogP contribution in [0, 0.1) is 0 Å². The largest absolute Gasteiger partial charge is 0.497 e. The van der Waals surface area contributed by atoms with Gasteiger partial charge < -0.3 is 9.47 Å². The molecular formula is C24H23N5O3. The molecule has 0 amide bonds. The number of rotatable bonds is 5.